The number of hydrogen-bond acceptors (Lipinski definition) is 3. The molecule has 1 aliphatic heterocycles. The molecule has 1 atom stereocenters. The molecule has 1 aliphatic carbocycles. The normalized spacial score (nSPS) is 22.2. The number of para-hydroxylation sites is 1. The molecule has 1 heterocycles. The Morgan fingerprint density at radius 3 is 2.81 bits per heavy atom. The van der Waals surface area contributed by atoms with E-state index >= 15 is 0 Å². The highest BCUT2D eigenvalue weighted by atomic mass is 35.5. The SMILES string of the molecule is COc1ccccc1CNC(=O)C1CC12CCNCC2.Cl. The lowest BCUT2D eigenvalue weighted by Crippen LogP contribution is -2.33. The van der Waals surface area contributed by atoms with Gasteiger partial charge < -0.3 is 15.4 Å². The molecule has 2 N–H and O–H groups in total. The number of piperidine rings is 1. The van der Waals surface area contributed by atoms with Crippen LogP contribution in [0.4, 0.5) is 0 Å². The number of halogens is 1. The minimum atomic E-state index is 0. The number of rotatable bonds is 4. The van der Waals surface area contributed by atoms with Crippen molar-refractivity contribution in [2.45, 2.75) is 25.8 Å². The Balaban J connectivity index is 0.00000161. The van der Waals surface area contributed by atoms with Gasteiger partial charge in [-0.3, -0.25) is 4.79 Å². The number of methoxy groups -OCH3 is 1. The molecular weight excluding hydrogens is 288 g/mol. The third-order valence-corrected chi connectivity index (χ3v) is 4.75. The quantitative estimate of drug-likeness (QED) is 0.895. The molecule has 21 heavy (non-hydrogen) atoms. The van der Waals surface area contributed by atoms with Crippen LogP contribution in [-0.4, -0.2) is 26.1 Å². The summed E-state index contributed by atoms with van der Waals surface area (Å²) in [5, 5.41) is 6.43. The van der Waals surface area contributed by atoms with Crippen LogP contribution in [0.1, 0.15) is 24.8 Å². The van der Waals surface area contributed by atoms with Gasteiger partial charge >= 0.3 is 0 Å². The molecule has 0 bridgehead atoms. The van der Waals surface area contributed by atoms with E-state index in [1.807, 2.05) is 24.3 Å². The summed E-state index contributed by atoms with van der Waals surface area (Å²) >= 11 is 0. The van der Waals surface area contributed by atoms with Gasteiger partial charge in [0.25, 0.3) is 0 Å². The summed E-state index contributed by atoms with van der Waals surface area (Å²) in [6, 6.07) is 7.82. The fourth-order valence-corrected chi connectivity index (χ4v) is 3.35. The van der Waals surface area contributed by atoms with Gasteiger partial charge in [0, 0.05) is 18.0 Å². The average molecular weight is 311 g/mol. The average Bonchev–Trinajstić information content (AvgIpc) is 3.19. The van der Waals surface area contributed by atoms with Crippen molar-refractivity contribution in [2.24, 2.45) is 11.3 Å². The molecule has 1 aromatic rings. The van der Waals surface area contributed by atoms with E-state index in [0.29, 0.717) is 12.0 Å². The predicted molar refractivity (Wildman–Crippen MR) is 84.7 cm³/mol. The number of benzene rings is 1. The van der Waals surface area contributed by atoms with Crippen LogP contribution in [0, 0.1) is 11.3 Å². The van der Waals surface area contributed by atoms with Gasteiger partial charge in [-0.05, 0) is 43.8 Å². The minimum Gasteiger partial charge on any atom is -0.496 e. The third kappa shape index (κ3) is 3.33. The summed E-state index contributed by atoms with van der Waals surface area (Å²) in [5.74, 6) is 1.26. The maximum absolute atomic E-state index is 12.3. The highest BCUT2D eigenvalue weighted by molar-refractivity contribution is 5.85. The Kier molecular flexibility index (Phi) is 5.12. The van der Waals surface area contributed by atoms with E-state index in [9.17, 15) is 4.79 Å². The molecule has 1 saturated carbocycles. The zero-order valence-corrected chi connectivity index (χ0v) is 13.2. The lowest BCUT2D eigenvalue weighted by molar-refractivity contribution is -0.123. The number of nitrogens with one attached hydrogen (secondary N) is 2. The number of amides is 1. The van der Waals surface area contributed by atoms with Crippen molar-refractivity contribution in [1.29, 1.82) is 0 Å². The van der Waals surface area contributed by atoms with Crippen LogP contribution in [0.2, 0.25) is 0 Å². The van der Waals surface area contributed by atoms with Gasteiger partial charge in [0.2, 0.25) is 5.91 Å². The molecular formula is C16H23ClN2O2. The Hall–Kier alpha value is -1.26. The number of carbonyl (C=O) groups excluding carboxylic acids is 1. The first kappa shape index (κ1) is 16.1. The molecule has 4 nitrogen and oxygen atoms in total. The molecule has 1 amide bonds. The number of ether oxygens (including phenoxy) is 1. The van der Waals surface area contributed by atoms with Crippen molar-refractivity contribution in [2.75, 3.05) is 20.2 Å². The Labute approximate surface area is 132 Å². The molecule has 1 spiro atoms. The Morgan fingerprint density at radius 2 is 2.10 bits per heavy atom. The Morgan fingerprint density at radius 1 is 1.38 bits per heavy atom. The first-order valence-corrected chi connectivity index (χ1v) is 7.35. The van der Waals surface area contributed by atoms with Gasteiger partial charge in [0.15, 0.2) is 0 Å². The summed E-state index contributed by atoms with van der Waals surface area (Å²) < 4.78 is 5.30. The van der Waals surface area contributed by atoms with Crippen molar-refractivity contribution in [3.05, 3.63) is 29.8 Å². The van der Waals surface area contributed by atoms with Crippen LogP contribution in [0.25, 0.3) is 0 Å². The first-order chi connectivity index (χ1) is 9.75. The molecule has 1 unspecified atom stereocenters. The van der Waals surface area contributed by atoms with Crippen molar-refractivity contribution in [3.8, 4) is 5.75 Å². The zero-order valence-electron chi connectivity index (χ0n) is 12.4. The highest BCUT2D eigenvalue weighted by Gasteiger charge is 2.57. The van der Waals surface area contributed by atoms with Crippen LogP contribution in [0.3, 0.4) is 0 Å². The maximum atomic E-state index is 12.3. The summed E-state index contributed by atoms with van der Waals surface area (Å²) in [5.41, 5.74) is 1.33. The van der Waals surface area contributed by atoms with Crippen LogP contribution in [-0.2, 0) is 11.3 Å². The van der Waals surface area contributed by atoms with Gasteiger partial charge in [-0.25, -0.2) is 0 Å². The minimum absolute atomic E-state index is 0. The molecule has 0 radical (unpaired) electrons. The second kappa shape index (κ2) is 6.67. The molecule has 2 aliphatic rings. The lowest BCUT2D eigenvalue weighted by Gasteiger charge is -2.23. The summed E-state index contributed by atoms with van der Waals surface area (Å²) in [7, 11) is 1.66. The molecule has 2 fully saturated rings. The summed E-state index contributed by atoms with van der Waals surface area (Å²) in [6.07, 6.45) is 3.34. The standard InChI is InChI=1S/C16H22N2O2.ClH/c1-20-14-5-3-2-4-12(14)11-18-15(19)13-10-16(13)6-8-17-9-7-16;/h2-5,13,17H,6-11H2,1H3,(H,18,19);1H. The fourth-order valence-electron chi connectivity index (χ4n) is 3.35. The largest absolute Gasteiger partial charge is 0.496 e. The molecule has 5 heteroatoms. The van der Waals surface area contributed by atoms with Crippen molar-refractivity contribution in [1.82, 2.24) is 10.6 Å². The van der Waals surface area contributed by atoms with Crippen LogP contribution in [0.5, 0.6) is 5.75 Å². The van der Waals surface area contributed by atoms with E-state index in [-0.39, 0.29) is 24.2 Å². The molecule has 1 saturated heterocycles. The van der Waals surface area contributed by atoms with Crippen molar-refractivity contribution >= 4 is 18.3 Å². The van der Waals surface area contributed by atoms with Gasteiger partial charge in [-0.1, -0.05) is 18.2 Å². The Bertz CT molecular complexity index is 501. The van der Waals surface area contributed by atoms with Crippen LogP contribution in [0.15, 0.2) is 24.3 Å². The second-order valence-electron chi connectivity index (χ2n) is 5.90. The third-order valence-electron chi connectivity index (χ3n) is 4.75. The van der Waals surface area contributed by atoms with E-state index < -0.39 is 0 Å². The lowest BCUT2D eigenvalue weighted by atomic mass is 9.92. The summed E-state index contributed by atoms with van der Waals surface area (Å²) in [4.78, 5) is 12.3. The second-order valence-corrected chi connectivity index (χ2v) is 5.90. The van der Waals surface area contributed by atoms with Crippen molar-refractivity contribution < 1.29 is 9.53 Å². The molecule has 116 valence electrons. The monoisotopic (exact) mass is 310 g/mol. The van der Waals surface area contributed by atoms with Gasteiger partial charge in [0.05, 0.1) is 7.11 Å². The fraction of sp³-hybridized carbons (Fsp3) is 0.562. The van der Waals surface area contributed by atoms with E-state index in [1.54, 1.807) is 7.11 Å². The van der Waals surface area contributed by atoms with E-state index in [1.165, 1.54) is 0 Å². The first-order valence-electron chi connectivity index (χ1n) is 7.35. The van der Waals surface area contributed by atoms with Gasteiger partial charge in [-0.2, -0.15) is 0 Å². The van der Waals surface area contributed by atoms with Gasteiger partial charge in [-0.15, -0.1) is 12.4 Å². The zero-order chi connectivity index (χ0) is 14.0. The predicted octanol–water partition coefficient (Wildman–Crippen LogP) is 2.12. The van der Waals surface area contributed by atoms with E-state index in [2.05, 4.69) is 10.6 Å². The summed E-state index contributed by atoms with van der Waals surface area (Å²) in [6.45, 7) is 2.65. The highest BCUT2D eigenvalue weighted by Crippen LogP contribution is 2.58. The van der Waals surface area contributed by atoms with E-state index in [0.717, 1.165) is 43.7 Å². The maximum Gasteiger partial charge on any atom is 0.223 e. The van der Waals surface area contributed by atoms with Crippen LogP contribution >= 0.6 is 12.4 Å². The molecule has 3 rings (SSSR count). The van der Waals surface area contributed by atoms with Crippen LogP contribution < -0.4 is 15.4 Å². The molecule has 1 aromatic carbocycles. The van der Waals surface area contributed by atoms with Crippen molar-refractivity contribution in [3.63, 3.8) is 0 Å². The smallest absolute Gasteiger partial charge is 0.223 e. The number of hydrogen-bond donors (Lipinski definition) is 2. The van der Waals surface area contributed by atoms with E-state index in [4.69, 9.17) is 4.74 Å². The van der Waals surface area contributed by atoms with Gasteiger partial charge in [0.1, 0.15) is 5.75 Å². The number of carbonyl (C=O) groups is 1. The molecule has 0 aromatic heterocycles. The topological polar surface area (TPSA) is 50.4 Å².